The molecule has 6 nitrogen and oxygen atoms in total. The molecule has 0 aliphatic heterocycles. The lowest BCUT2D eigenvalue weighted by molar-refractivity contribution is 0.325. The van der Waals surface area contributed by atoms with Gasteiger partial charge in [-0.05, 0) is 61.9 Å². The maximum atomic E-state index is 7.22. The van der Waals surface area contributed by atoms with Crippen LogP contribution in [-0.4, -0.2) is 28.4 Å². The minimum absolute atomic E-state index is 0.0752. The summed E-state index contributed by atoms with van der Waals surface area (Å²) in [6.07, 6.45) is 3.03. The molecule has 1 fully saturated rings. The van der Waals surface area contributed by atoms with Gasteiger partial charge in [-0.3, -0.25) is 0 Å². The van der Waals surface area contributed by atoms with Crippen LogP contribution in [0.4, 0.5) is 0 Å². The van der Waals surface area contributed by atoms with E-state index in [1.54, 1.807) is 28.4 Å². The number of hydrogen-bond donors (Lipinski definition) is 2. The molecular weight excluding hydrogens is 428 g/mol. The Morgan fingerprint density at radius 1 is 0.853 bits per heavy atom. The van der Waals surface area contributed by atoms with Crippen LogP contribution in [0.1, 0.15) is 66.4 Å². The summed E-state index contributed by atoms with van der Waals surface area (Å²) >= 11 is 0. The Morgan fingerprint density at radius 2 is 1.56 bits per heavy atom. The van der Waals surface area contributed by atoms with Crippen LogP contribution < -0.4 is 30.4 Å². The fraction of sp³-hybridized carbons (Fsp3) is 0.429. The Labute approximate surface area is 201 Å². The fourth-order valence-corrected chi connectivity index (χ4v) is 6.45. The van der Waals surface area contributed by atoms with Crippen molar-refractivity contribution in [3.63, 3.8) is 0 Å². The molecule has 4 atom stereocenters. The molecule has 180 valence electrons. The smallest absolute Gasteiger partial charge is 0.131 e. The first kappa shape index (κ1) is 22.8. The molecule has 0 radical (unpaired) electrons. The van der Waals surface area contributed by atoms with Crippen LogP contribution in [0, 0.1) is 0 Å². The van der Waals surface area contributed by atoms with Gasteiger partial charge < -0.3 is 30.4 Å². The molecular formula is C28H34N2O4. The van der Waals surface area contributed by atoms with Crippen LogP contribution in [0.3, 0.4) is 0 Å². The summed E-state index contributed by atoms with van der Waals surface area (Å²) in [5, 5.41) is 1.94. The third-order valence-electron chi connectivity index (χ3n) is 8.05. The van der Waals surface area contributed by atoms with E-state index in [1.165, 1.54) is 11.1 Å². The predicted octanol–water partition coefficient (Wildman–Crippen LogP) is 5.11. The summed E-state index contributed by atoms with van der Waals surface area (Å²) in [6, 6.07) is 11.9. The number of benzene rings is 3. The van der Waals surface area contributed by atoms with E-state index in [4.69, 9.17) is 30.4 Å². The van der Waals surface area contributed by atoms with Gasteiger partial charge in [0.25, 0.3) is 0 Å². The van der Waals surface area contributed by atoms with Gasteiger partial charge in [0.2, 0.25) is 0 Å². The van der Waals surface area contributed by atoms with Crippen LogP contribution >= 0.6 is 0 Å². The molecule has 1 saturated carbocycles. The molecule has 2 aliphatic carbocycles. The Bertz CT molecular complexity index is 1260. The second kappa shape index (κ2) is 8.36. The molecule has 0 spiro atoms. The van der Waals surface area contributed by atoms with Crippen molar-refractivity contribution in [3.8, 4) is 23.0 Å². The van der Waals surface area contributed by atoms with Crippen molar-refractivity contribution in [2.45, 2.75) is 49.6 Å². The zero-order chi connectivity index (χ0) is 24.2. The predicted molar refractivity (Wildman–Crippen MR) is 134 cm³/mol. The van der Waals surface area contributed by atoms with Crippen LogP contribution in [0.5, 0.6) is 23.0 Å². The molecule has 2 bridgehead atoms. The van der Waals surface area contributed by atoms with Crippen molar-refractivity contribution < 1.29 is 18.9 Å². The van der Waals surface area contributed by atoms with Gasteiger partial charge in [0, 0.05) is 45.0 Å². The molecule has 4 unspecified atom stereocenters. The first-order chi connectivity index (χ1) is 16.4. The first-order valence-corrected chi connectivity index (χ1v) is 11.8. The van der Waals surface area contributed by atoms with Gasteiger partial charge in [0.1, 0.15) is 23.0 Å². The molecule has 5 rings (SSSR count). The third-order valence-corrected chi connectivity index (χ3v) is 8.05. The van der Waals surface area contributed by atoms with E-state index in [2.05, 4.69) is 12.1 Å². The maximum absolute atomic E-state index is 7.22. The minimum Gasteiger partial charge on any atom is -0.496 e. The topological polar surface area (TPSA) is 89.0 Å². The lowest BCUT2D eigenvalue weighted by Crippen LogP contribution is -2.36. The molecule has 0 aromatic heterocycles. The standard InChI is InChI=1S/C28H34N2O4/c1-15(29)16-6-7-18-19(12-16)23(33-4)13-20(26(18)34-5)27(30)28-11-10-17(14-28)24-21(31-2)8-9-22(32-3)25(24)28/h6-9,12-13,15,17,27H,10-11,14,29-30H2,1-5H3. The normalized spacial score (nSPS) is 22.4. The van der Waals surface area contributed by atoms with Crippen molar-refractivity contribution in [3.05, 3.63) is 58.7 Å². The Morgan fingerprint density at radius 3 is 2.21 bits per heavy atom. The van der Waals surface area contributed by atoms with E-state index in [0.29, 0.717) is 5.92 Å². The van der Waals surface area contributed by atoms with E-state index >= 15 is 0 Å². The summed E-state index contributed by atoms with van der Waals surface area (Å²) in [5.41, 5.74) is 17.5. The van der Waals surface area contributed by atoms with E-state index in [0.717, 1.165) is 64.2 Å². The van der Waals surface area contributed by atoms with Gasteiger partial charge in [-0.2, -0.15) is 0 Å². The van der Waals surface area contributed by atoms with Crippen molar-refractivity contribution in [1.29, 1.82) is 0 Å². The molecule has 3 aromatic carbocycles. The first-order valence-electron chi connectivity index (χ1n) is 11.8. The van der Waals surface area contributed by atoms with Crippen LogP contribution in [0.25, 0.3) is 10.8 Å². The maximum Gasteiger partial charge on any atom is 0.131 e. The SMILES string of the molecule is COc1ccc(OC)c2c1C1CCC2(C(N)c2cc(OC)c3cc(C(C)N)ccc3c2OC)C1. The minimum atomic E-state index is -0.305. The second-order valence-electron chi connectivity index (χ2n) is 9.63. The van der Waals surface area contributed by atoms with Crippen molar-refractivity contribution in [2.24, 2.45) is 11.5 Å². The Hall–Kier alpha value is -2.96. The number of nitrogens with two attached hydrogens (primary N) is 2. The summed E-state index contributed by atoms with van der Waals surface area (Å²) in [7, 11) is 6.85. The highest BCUT2D eigenvalue weighted by Crippen LogP contribution is 2.66. The summed E-state index contributed by atoms with van der Waals surface area (Å²) in [6.45, 7) is 1.98. The average molecular weight is 463 g/mol. The van der Waals surface area contributed by atoms with Gasteiger partial charge in [-0.15, -0.1) is 0 Å². The van der Waals surface area contributed by atoms with Gasteiger partial charge >= 0.3 is 0 Å². The summed E-state index contributed by atoms with van der Waals surface area (Å²) < 4.78 is 23.5. The van der Waals surface area contributed by atoms with Gasteiger partial charge in [0.05, 0.1) is 28.4 Å². The lowest BCUT2D eigenvalue weighted by atomic mass is 9.70. The number of ether oxygens (including phenoxy) is 4. The molecule has 3 aromatic rings. The quantitative estimate of drug-likeness (QED) is 0.507. The zero-order valence-electron chi connectivity index (χ0n) is 20.6. The van der Waals surface area contributed by atoms with Gasteiger partial charge in [-0.25, -0.2) is 0 Å². The van der Waals surface area contributed by atoms with E-state index < -0.39 is 0 Å². The third kappa shape index (κ3) is 3.08. The number of fused-ring (bicyclic) bond motifs is 6. The molecule has 6 heteroatoms. The molecule has 0 heterocycles. The lowest BCUT2D eigenvalue weighted by Gasteiger charge is -2.37. The van der Waals surface area contributed by atoms with Crippen LogP contribution in [-0.2, 0) is 5.41 Å². The summed E-state index contributed by atoms with van der Waals surface area (Å²) in [4.78, 5) is 0. The average Bonchev–Trinajstić information content (AvgIpc) is 3.45. The molecule has 0 saturated heterocycles. The van der Waals surface area contributed by atoms with E-state index in [-0.39, 0.29) is 17.5 Å². The number of rotatable bonds is 7. The summed E-state index contributed by atoms with van der Waals surface area (Å²) in [5.74, 6) is 3.76. The van der Waals surface area contributed by atoms with Crippen molar-refractivity contribution in [1.82, 2.24) is 0 Å². The molecule has 34 heavy (non-hydrogen) atoms. The molecule has 4 N–H and O–H groups in total. The van der Waals surface area contributed by atoms with Gasteiger partial charge in [0.15, 0.2) is 0 Å². The largest absolute Gasteiger partial charge is 0.496 e. The van der Waals surface area contributed by atoms with E-state index in [1.807, 2.05) is 31.2 Å². The van der Waals surface area contributed by atoms with E-state index in [9.17, 15) is 0 Å². The zero-order valence-corrected chi connectivity index (χ0v) is 20.6. The van der Waals surface area contributed by atoms with Crippen LogP contribution in [0.2, 0.25) is 0 Å². The van der Waals surface area contributed by atoms with Gasteiger partial charge in [-0.1, -0.05) is 12.1 Å². The molecule has 0 amide bonds. The highest BCUT2D eigenvalue weighted by atomic mass is 16.5. The Kier molecular flexibility index (Phi) is 5.61. The molecule has 2 aliphatic rings. The highest BCUT2D eigenvalue weighted by Gasteiger charge is 2.56. The monoisotopic (exact) mass is 462 g/mol. The highest BCUT2D eigenvalue weighted by molar-refractivity contribution is 5.95. The fourth-order valence-electron chi connectivity index (χ4n) is 6.45. The number of hydrogen-bond acceptors (Lipinski definition) is 6. The van der Waals surface area contributed by atoms with Crippen LogP contribution in [0.15, 0.2) is 36.4 Å². The van der Waals surface area contributed by atoms with Crippen molar-refractivity contribution >= 4 is 10.8 Å². The van der Waals surface area contributed by atoms with Crippen molar-refractivity contribution in [2.75, 3.05) is 28.4 Å². The Balaban J connectivity index is 1.73. The number of methoxy groups -OCH3 is 4. The second-order valence-corrected chi connectivity index (χ2v) is 9.63.